The van der Waals surface area contributed by atoms with Crippen molar-refractivity contribution in [1.82, 2.24) is 4.90 Å². The van der Waals surface area contributed by atoms with Crippen molar-refractivity contribution in [2.24, 2.45) is 0 Å². The first-order valence-electron chi connectivity index (χ1n) is 10.3. The molecule has 3 amide bonds. The van der Waals surface area contributed by atoms with Crippen LogP contribution in [0, 0.1) is 6.92 Å². The van der Waals surface area contributed by atoms with Crippen molar-refractivity contribution in [3.8, 4) is 0 Å². The lowest BCUT2D eigenvalue weighted by atomic mass is 10.1. The Morgan fingerprint density at radius 1 is 1.03 bits per heavy atom. The van der Waals surface area contributed by atoms with Gasteiger partial charge in [0.05, 0.1) is 38.9 Å². The van der Waals surface area contributed by atoms with E-state index in [9.17, 15) is 14.4 Å². The molecular weight excluding hydrogens is 451 g/mol. The summed E-state index contributed by atoms with van der Waals surface area (Å²) >= 11 is 12.3. The molecule has 4 rings (SSSR count). The predicted octanol–water partition coefficient (Wildman–Crippen LogP) is 2.05. The maximum absolute atomic E-state index is 13.0. The van der Waals surface area contributed by atoms with E-state index in [0.29, 0.717) is 35.1 Å². The first kappa shape index (κ1) is 22.3. The van der Waals surface area contributed by atoms with Crippen molar-refractivity contribution in [2.45, 2.75) is 6.92 Å². The third-order valence-corrected chi connectivity index (χ3v) is 6.33. The second-order valence-electron chi connectivity index (χ2n) is 8.02. The van der Waals surface area contributed by atoms with Crippen LogP contribution >= 0.6 is 23.2 Å². The molecule has 0 unspecified atom stereocenters. The zero-order valence-corrected chi connectivity index (χ0v) is 19.3. The zero-order valence-electron chi connectivity index (χ0n) is 17.7. The molecule has 0 atom stereocenters. The lowest BCUT2D eigenvalue weighted by Gasteiger charge is -2.30. The van der Waals surface area contributed by atoms with Gasteiger partial charge in [-0.05, 0) is 42.8 Å². The van der Waals surface area contributed by atoms with Crippen LogP contribution in [0.15, 0.2) is 53.2 Å². The number of likely N-dealkylation sites (N-methyl/N-ethyl adjacent to an activating group) is 1. The number of amides is 3. The van der Waals surface area contributed by atoms with Crippen molar-refractivity contribution in [1.29, 1.82) is 0 Å². The number of carbonyl (C=O) groups is 3. The van der Waals surface area contributed by atoms with Gasteiger partial charge in [-0.15, -0.1) is 0 Å². The fourth-order valence-electron chi connectivity index (χ4n) is 3.76. The van der Waals surface area contributed by atoms with E-state index in [-0.39, 0.29) is 16.6 Å². The van der Waals surface area contributed by atoms with Crippen LogP contribution in [-0.2, 0) is 9.59 Å². The number of anilines is 2. The minimum atomic E-state index is -0.633. The molecule has 1 saturated heterocycles. The van der Waals surface area contributed by atoms with Crippen LogP contribution in [0.2, 0.25) is 5.02 Å². The molecule has 0 radical (unpaired) electrons. The first-order valence-corrected chi connectivity index (χ1v) is 11.0. The number of hydrogen-bond acceptors (Lipinski definition) is 4. The van der Waals surface area contributed by atoms with Gasteiger partial charge in [0.25, 0.3) is 17.7 Å². The number of imide groups is 1. The molecule has 2 N–H and O–H groups in total. The molecule has 32 heavy (non-hydrogen) atoms. The molecule has 0 bridgehead atoms. The van der Waals surface area contributed by atoms with Gasteiger partial charge in [0.15, 0.2) is 0 Å². The van der Waals surface area contributed by atoms with E-state index in [2.05, 4.69) is 12.4 Å². The van der Waals surface area contributed by atoms with Crippen LogP contribution in [0.3, 0.4) is 0 Å². The second kappa shape index (κ2) is 8.94. The van der Waals surface area contributed by atoms with Crippen LogP contribution < -0.4 is 15.1 Å². The fourth-order valence-corrected chi connectivity index (χ4v) is 4.16. The quantitative estimate of drug-likeness (QED) is 0.666. The summed E-state index contributed by atoms with van der Waals surface area (Å²) in [5, 5.41) is 3.17. The number of aryl methyl sites for hydroxylation is 1. The first-order chi connectivity index (χ1) is 15.3. The maximum Gasteiger partial charge on any atom is 0.283 e. The normalized spacial score (nSPS) is 17.4. The smallest absolute Gasteiger partial charge is 0.283 e. The Balaban J connectivity index is 1.58. The molecule has 0 saturated carbocycles. The van der Waals surface area contributed by atoms with Crippen LogP contribution in [-0.4, -0.2) is 55.8 Å². The van der Waals surface area contributed by atoms with E-state index in [1.165, 1.54) is 11.0 Å². The van der Waals surface area contributed by atoms with E-state index in [4.69, 9.17) is 23.2 Å². The van der Waals surface area contributed by atoms with E-state index in [1.807, 2.05) is 11.8 Å². The molecule has 0 aliphatic carbocycles. The molecule has 7 nitrogen and oxygen atoms in total. The molecule has 0 aromatic heterocycles. The number of nitrogens with one attached hydrogen (secondary N) is 2. The van der Waals surface area contributed by atoms with Gasteiger partial charge in [-0.1, -0.05) is 35.3 Å². The highest BCUT2D eigenvalue weighted by molar-refractivity contribution is 6.53. The Morgan fingerprint density at radius 2 is 1.75 bits per heavy atom. The lowest BCUT2D eigenvalue weighted by Crippen LogP contribution is -3.12. The molecule has 2 heterocycles. The molecule has 2 aliphatic rings. The molecule has 2 aromatic rings. The Morgan fingerprint density at radius 3 is 2.44 bits per heavy atom. The fraction of sp³-hybridized carbons (Fsp3) is 0.261. The Labute approximate surface area is 196 Å². The van der Waals surface area contributed by atoms with Crippen LogP contribution in [0.1, 0.15) is 15.9 Å². The van der Waals surface area contributed by atoms with Crippen LogP contribution in [0.4, 0.5) is 11.4 Å². The molecule has 9 heteroatoms. The van der Waals surface area contributed by atoms with Gasteiger partial charge >= 0.3 is 0 Å². The summed E-state index contributed by atoms with van der Waals surface area (Å²) < 4.78 is 0. The van der Waals surface area contributed by atoms with Gasteiger partial charge in [0, 0.05) is 16.3 Å². The third-order valence-electron chi connectivity index (χ3n) is 5.74. The van der Waals surface area contributed by atoms with E-state index in [1.54, 1.807) is 36.4 Å². The Kier molecular flexibility index (Phi) is 6.24. The Bertz CT molecular complexity index is 1140. The van der Waals surface area contributed by atoms with Crippen molar-refractivity contribution in [3.05, 3.63) is 69.3 Å². The van der Waals surface area contributed by atoms with Crippen LogP contribution in [0.25, 0.3) is 0 Å². The Hall–Kier alpha value is -2.87. The molecular formula is C23H23Cl2N4O3+. The minimum absolute atomic E-state index is 0.0347. The number of hydrogen-bond donors (Lipinski definition) is 2. The summed E-state index contributed by atoms with van der Waals surface area (Å²) in [4.78, 5) is 42.9. The van der Waals surface area contributed by atoms with Crippen molar-refractivity contribution < 1.29 is 19.3 Å². The van der Waals surface area contributed by atoms with Gasteiger partial charge in [0.1, 0.15) is 10.7 Å². The second-order valence-corrected chi connectivity index (χ2v) is 8.83. The van der Waals surface area contributed by atoms with Crippen molar-refractivity contribution in [2.75, 3.05) is 43.4 Å². The van der Waals surface area contributed by atoms with Gasteiger partial charge in [0.2, 0.25) is 0 Å². The highest BCUT2D eigenvalue weighted by Crippen LogP contribution is 2.32. The summed E-state index contributed by atoms with van der Waals surface area (Å²) in [5.41, 5.74) is 2.16. The molecule has 2 aromatic carbocycles. The standard InChI is InChI=1S/C23H22Cl2N4O3/c1-14-6-7-15(21(30)28-10-8-27(2)9-11-28)12-18(14)26-20-19(25)22(31)29(23(20)32)17-5-3-4-16(24)13-17/h3-7,12-13,26H,8-11H2,1-2H3/p+1. The summed E-state index contributed by atoms with van der Waals surface area (Å²) in [7, 11) is 2.11. The summed E-state index contributed by atoms with van der Waals surface area (Å²) in [6.45, 7) is 5.04. The van der Waals surface area contributed by atoms with Crippen molar-refractivity contribution >= 4 is 52.3 Å². The van der Waals surface area contributed by atoms with Gasteiger partial charge in [-0.25, -0.2) is 4.90 Å². The van der Waals surface area contributed by atoms with E-state index < -0.39 is 11.8 Å². The maximum atomic E-state index is 13.0. The highest BCUT2D eigenvalue weighted by atomic mass is 35.5. The third kappa shape index (κ3) is 4.24. The number of nitrogens with zero attached hydrogens (tertiary/aromatic N) is 2. The molecule has 2 aliphatic heterocycles. The topological polar surface area (TPSA) is 74.2 Å². The SMILES string of the molecule is Cc1ccc(C(=O)N2CC[NH+](C)CC2)cc1NC1=C(Cl)C(=O)N(c2cccc(Cl)c2)C1=O. The monoisotopic (exact) mass is 473 g/mol. The number of benzene rings is 2. The summed E-state index contributed by atoms with van der Waals surface area (Å²) in [6, 6.07) is 11.7. The zero-order chi connectivity index (χ0) is 23.0. The largest absolute Gasteiger partial charge is 0.349 e. The number of halogens is 2. The summed E-state index contributed by atoms with van der Waals surface area (Å²) in [5.74, 6) is -1.28. The number of rotatable bonds is 4. The van der Waals surface area contributed by atoms with Crippen LogP contribution in [0.5, 0.6) is 0 Å². The average molecular weight is 474 g/mol. The van der Waals surface area contributed by atoms with Gasteiger partial charge in [-0.3, -0.25) is 14.4 Å². The van der Waals surface area contributed by atoms with Gasteiger partial charge in [-0.2, -0.15) is 0 Å². The summed E-state index contributed by atoms with van der Waals surface area (Å²) in [6.07, 6.45) is 0. The van der Waals surface area contributed by atoms with Gasteiger partial charge < -0.3 is 15.1 Å². The van der Waals surface area contributed by atoms with E-state index >= 15 is 0 Å². The lowest BCUT2D eigenvalue weighted by molar-refractivity contribution is -0.883. The predicted molar refractivity (Wildman–Crippen MR) is 124 cm³/mol. The highest BCUT2D eigenvalue weighted by Gasteiger charge is 2.39. The molecule has 166 valence electrons. The molecule has 1 fully saturated rings. The van der Waals surface area contributed by atoms with E-state index in [0.717, 1.165) is 23.6 Å². The number of piperazine rings is 1. The minimum Gasteiger partial charge on any atom is -0.349 e. The number of quaternary nitrogens is 1. The number of carbonyl (C=O) groups excluding carboxylic acids is 3. The van der Waals surface area contributed by atoms with Crippen molar-refractivity contribution in [3.63, 3.8) is 0 Å². The molecule has 0 spiro atoms. The average Bonchev–Trinajstić information content (AvgIpc) is 2.98.